The molecule has 5 heteroatoms. The molecule has 0 spiro atoms. The maximum absolute atomic E-state index is 12.2. The lowest BCUT2D eigenvalue weighted by Gasteiger charge is -2.06. The molecule has 90 valence electrons. The van der Waals surface area contributed by atoms with Crippen molar-refractivity contribution >= 4 is 0 Å². The Labute approximate surface area is 93.3 Å². The quantitative estimate of drug-likeness (QED) is 0.577. The van der Waals surface area contributed by atoms with Gasteiger partial charge in [0.2, 0.25) is 0 Å². The van der Waals surface area contributed by atoms with Crippen LogP contribution in [0.2, 0.25) is 0 Å². The third-order valence-corrected chi connectivity index (χ3v) is 2.00. The predicted octanol–water partition coefficient (Wildman–Crippen LogP) is 2.29. The van der Waals surface area contributed by atoms with E-state index in [1.54, 1.807) is 19.2 Å². The van der Waals surface area contributed by atoms with E-state index in [1.807, 2.05) is 0 Å². The van der Waals surface area contributed by atoms with Gasteiger partial charge in [0.1, 0.15) is 0 Å². The molecule has 3 nitrogen and oxygen atoms in total. The Morgan fingerprint density at radius 1 is 1.19 bits per heavy atom. The van der Waals surface area contributed by atoms with Gasteiger partial charge >= 0.3 is 0 Å². The van der Waals surface area contributed by atoms with Gasteiger partial charge in [0.05, 0.1) is 13.2 Å². The molecule has 0 amide bonds. The average molecular weight is 231 g/mol. The van der Waals surface area contributed by atoms with Gasteiger partial charge in [-0.25, -0.2) is 8.78 Å². The zero-order valence-electron chi connectivity index (χ0n) is 9.08. The smallest absolute Gasteiger partial charge is 0.263 e. The lowest BCUT2D eigenvalue weighted by Crippen LogP contribution is -2.17. The molecule has 0 saturated carbocycles. The van der Waals surface area contributed by atoms with Crippen molar-refractivity contribution < 1.29 is 18.4 Å². The van der Waals surface area contributed by atoms with Crippen LogP contribution in [0, 0.1) is 0 Å². The minimum Gasteiger partial charge on any atom is -0.382 e. The maximum Gasteiger partial charge on any atom is 0.263 e. The minimum atomic E-state index is -2.42. The second-order valence-electron chi connectivity index (χ2n) is 3.20. The van der Waals surface area contributed by atoms with Crippen molar-refractivity contribution in [2.75, 3.05) is 20.3 Å². The largest absolute Gasteiger partial charge is 0.382 e. The van der Waals surface area contributed by atoms with Crippen LogP contribution < -0.4 is 5.48 Å². The van der Waals surface area contributed by atoms with E-state index in [0.717, 1.165) is 5.56 Å². The standard InChI is InChI=1S/C11H15F2NO2/c1-15-6-7-16-14-8-9-2-4-10(5-3-9)11(12)13/h2-5,11,14H,6-8H2,1H3. The lowest BCUT2D eigenvalue weighted by molar-refractivity contribution is 0.00346. The van der Waals surface area contributed by atoms with Gasteiger partial charge in [-0.2, -0.15) is 5.48 Å². The molecule has 0 aliphatic heterocycles. The Bertz CT molecular complexity index is 291. The van der Waals surface area contributed by atoms with Crippen LogP contribution in [0.1, 0.15) is 17.6 Å². The van der Waals surface area contributed by atoms with Crippen molar-refractivity contribution in [1.29, 1.82) is 0 Å². The Balaban J connectivity index is 2.27. The number of ether oxygens (including phenoxy) is 1. The highest BCUT2D eigenvalue weighted by atomic mass is 19.3. The fraction of sp³-hybridized carbons (Fsp3) is 0.455. The maximum atomic E-state index is 12.2. The summed E-state index contributed by atoms with van der Waals surface area (Å²) >= 11 is 0. The molecular weight excluding hydrogens is 216 g/mol. The number of methoxy groups -OCH3 is 1. The van der Waals surface area contributed by atoms with Crippen molar-refractivity contribution in [3.8, 4) is 0 Å². The summed E-state index contributed by atoms with van der Waals surface area (Å²) in [4.78, 5) is 5.03. The Kier molecular flexibility index (Phi) is 5.92. The van der Waals surface area contributed by atoms with Gasteiger partial charge in [0, 0.05) is 19.2 Å². The molecule has 0 radical (unpaired) electrons. The van der Waals surface area contributed by atoms with Crippen LogP contribution in [0.25, 0.3) is 0 Å². The highest BCUT2D eigenvalue weighted by Gasteiger charge is 2.05. The fourth-order valence-electron chi connectivity index (χ4n) is 1.11. The molecular formula is C11H15F2NO2. The zero-order valence-corrected chi connectivity index (χ0v) is 9.08. The third-order valence-electron chi connectivity index (χ3n) is 2.00. The second kappa shape index (κ2) is 7.27. The molecule has 1 aromatic rings. The molecule has 0 aromatic heterocycles. The number of hydrogen-bond acceptors (Lipinski definition) is 3. The molecule has 1 N–H and O–H groups in total. The summed E-state index contributed by atoms with van der Waals surface area (Å²) in [6, 6.07) is 6.12. The monoisotopic (exact) mass is 231 g/mol. The van der Waals surface area contributed by atoms with Crippen LogP contribution in [0.15, 0.2) is 24.3 Å². The Hall–Kier alpha value is -1.04. The van der Waals surface area contributed by atoms with E-state index in [1.165, 1.54) is 12.1 Å². The normalized spacial score (nSPS) is 11.0. The molecule has 16 heavy (non-hydrogen) atoms. The number of hydroxylamine groups is 1. The first-order valence-electron chi connectivity index (χ1n) is 4.94. The van der Waals surface area contributed by atoms with Crippen molar-refractivity contribution in [3.05, 3.63) is 35.4 Å². The fourth-order valence-corrected chi connectivity index (χ4v) is 1.11. The summed E-state index contributed by atoms with van der Waals surface area (Å²) in [7, 11) is 1.59. The van der Waals surface area contributed by atoms with Gasteiger partial charge in [0.15, 0.2) is 0 Å². The molecule has 0 heterocycles. The van der Waals surface area contributed by atoms with E-state index in [9.17, 15) is 8.78 Å². The molecule has 1 rings (SSSR count). The van der Waals surface area contributed by atoms with Crippen LogP contribution in [0.5, 0.6) is 0 Å². The zero-order chi connectivity index (χ0) is 11.8. The lowest BCUT2D eigenvalue weighted by atomic mass is 10.1. The first-order valence-corrected chi connectivity index (χ1v) is 4.94. The number of benzene rings is 1. The highest BCUT2D eigenvalue weighted by Crippen LogP contribution is 2.18. The molecule has 0 aliphatic carbocycles. The topological polar surface area (TPSA) is 30.5 Å². The molecule has 0 fully saturated rings. The van der Waals surface area contributed by atoms with E-state index in [0.29, 0.717) is 19.8 Å². The molecule has 1 aromatic carbocycles. The van der Waals surface area contributed by atoms with Crippen molar-refractivity contribution in [3.63, 3.8) is 0 Å². The molecule has 0 unspecified atom stereocenters. The van der Waals surface area contributed by atoms with Gasteiger partial charge in [-0.05, 0) is 5.56 Å². The number of halogens is 2. The summed E-state index contributed by atoms with van der Waals surface area (Å²) in [5.74, 6) is 0. The Morgan fingerprint density at radius 3 is 2.44 bits per heavy atom. The molecule has 0 saturated heterocycles. The summed E-state index contributed by atoms with van der Waals surface area (Å²) in [5, 5.41) is 0. The van der Waals surface area contributed by atoms with Gasteiger partial charge in [0.25, 0.3) is 6.43 Å². The molecule has 0 aliphatic rings. The summed E-state index contributed by atoms with van der Waals surface area (Å²) in [6.45, 7) is 1.44. The van der Waals surface area contributed by atoms with Gasteiger partial charge in [-0.3, -0.25) is 4.84 Å². The van der Waals surface area contributed by atoms with Gasteiger partial charge < -0.3 is 4.74 Å². The van der Waals surface area contributed by atoms with Crippen molar-refractivity contribution in [2.24, 2.45) is 0 Å². The van der Waals surface area contributed by atoms with Crippen LogP contribution in [0.3, 0.4) is 0 Å². The number of nitrogens with one attached hydrogen (secondary N) is 1. The van der Waals surface area contributed by atoms with E-state index < -0.39 is 6.43 Å². The summed E-state index contributed by atoms with van der Waals surface area (Å²) in [6.07, 6.45) is -2.42. The van der Waals surface area contributed by atoms with E-state index in [-0.39, 0.29) is 5.56 Å². The summed E-state index contributed by atoms with van der Waals surface area (Å²) in [5.41, 5.74) is 3.64. The third kappa shape index (κ3) is 4.65. The van der Waals surface area contributed by atoms with Crippen LogP contribution in [-0.2, 0) is 16.1 Å². The Morgan fingerprint density at radius 2 is 1.88 bits per heavy atom. The molecule has 0 bridgehead atoms. The van der Waals surface area contributed by atoms with E-state index in [4.69, 9.17) is 9.57 Å². The van der Waals surface area contributed by atoms with Crippen molar-refractivity contribution in [1.82, 2.24) is 5.48 Å². The highest BCUT2D eigenvalue weighted by molar-refractivity contribution is 5.22. The summed E-state index contributed by atoms with van der Waals surface area (Å²) < 4.78 is 29.3. The molecule has 0 atom stereocenters. The van der Waals surface area contributed by atoms with E-state index in [2.05, 4.69) is 5.48 Å². The van der Waals surface area contributed by atoms with Crippen LogP contribution in [-0.4, -0.2) is 20.3 Å². The second-order valence-corrected chi connectivity index (χ2v) is 3.20. The van der Waals surface area contributed by atoms with Crippen molar-refractivity contribution in [2.45, 2.75) is 13.0 Å². The van der Waals surface area contributed by atoms with E-state index >= 15 is 0 Å². The van der Waals surface area contributed by atoms with Gasteiger partial charge in [-0.1, -0.05) is 24.3 Å². The number of hydrogen-bond donors (Lipinski definition) is 1. The van der Waals surface area contributed by atoms with Crippen LogP contribution >= 0.6 is 0 Å². The predicted molar refractivity (Wildman–Crippen MR) is 56.1 cm³/mol. The minimum absolute atomic E-state index is 0.0315. The van der Waals surface area contributed by atoms with Gasteiger partial charge in [-0.15, -0.1) is 0 Å². The first kappa shape index (κ1) is 13.0. The first-order chi connectivity index (χ1) is 7.74. The average Bonchev–Trinajstić information content (AvgIpc) is 2.29. The number of alkyl halides is 2. The van der Waals surface area contributed by atoms with Crippen LogP contribution in [0.4, 0.5) is 8.78 Å². The number of rotatable bonds is 7. The SMILES string of the molecule is COCCONCc1ccc(C(F)F)cc1.